The molecule has 0 saturated carbocycles. The van der Waals surface area contributed by atoms with Gasteiger partial charge in [0.15, 0.2) is 0 Å². The van der Waals surface area contributed by atoms with E-state index in [2.05, 4.69) is 0 Å². The predicted octanol–water partition coefficient (Wildman–Crippen LogP) is 0.228. The molecule has 0 aromatic heterocycles. The minimum Gasteiger partial charge on any atom is -0.480 e. The zero-order valence-electron chi connectivity index (χ0n) is 7.84. The molecule has 1 aliphatic heterocycles. The maximum absolute atomic E-state index is 10.7. The number of carboxylic acid groups (broad SMARTS) is 2. The van der Waals surface area contributed by atoms with Gasteiger partial charge in [0, 0.05) is 13.0 Å². The van der Waals surface area contributed by atoms with E-state index in [-0.39, 0.29) is 19.1 Å². The van der Waals surface area contributed by atoms with Crippen molar-refractivity contribution < 1.29 is 24.5 Å². The van der Waals surface area contributed by atoms with Crippen molar-refractivity contribution in [3.63, 3.8) is 0 Å². The fraction of sp³-hybridized carbons (Fsp3) is 0.750. The Bertz CT molecular complexity index is 220. The molecule has 1 heterocycles. The third kappa shape index (κ3) is 2.14. The Morgan fingerprint density at radius 3 is 2.50 bits per heavy atom. The molecule has 2 atom stereocenters. The first-order valence-corrected chi connectivity index (χ1v) is 4.40. The summed E-state index contributed by atoms with van der Waals surface area (Å²) in [7, 11) is 0. The number of rotatable bonds is 3. The molecule has 6 heteroatoms. The summed E-state index contributed by atoms with van der Waals surface area (Å²) in [6, 6.07) is -0.968. The molecule has 1 saturated heterocycles. The van der Waals surface area contributed by atoms with E-state index in [0.29, 0.717) is 6.61 Å². The Morgan fingerprint density at radius 2 is 2.14 bits per heavy atom. The van der Waals surface area contributed by atoms with Gasteiger partial charge in [-0.25, -0.2) is 9.59 Å². The first-order chi connectivity index (χ1) is 6.56. The standard InChI is InChI=1S/C8H13NO5/c1-2-14-5-3-6(7(10)11)9(4-5)8(12)13/h5-6H,2-4H2,1H3,(H,10,11)(H,12,13). The summed E-state index contributed by atoms with van der Waals surface area (Å²) in [6.07, 6.45) is -1.27. The number of amides is 1. The molecule has 0 bridgehead atoms. The number of carbonyl (C=O) groups is 2. The average molecular weight is 203 g/mol. The van der Waals surface area contributed by atoms with Crippen molar-refractivity contribution in [1.82, 2.24) is 4.90 Å². The van der Waals surface area contributed by atoms with Crippen LogP contribution in [0.15, 0.2) is 0 Å². The lowest BCUT2D eigenvalue weighted by Crippen LogP contribution is -2.39. The Morgan fingerprint density at radius 1 is 1.50 bits per heavy atom. The quantitative estimate of drug-likeness (QED) is 0.685. The fourth-order valence-corrected chi connectivity index (χ4v) is 1.60. The zero-order valence-corrected chi connectivity index (χ0v) is 7.84. The van der Waals surface area contributed by atoms with E-state index in [9.17, 15) is 9.59 Å². The number of hydrogen-bond acceptors (Lipinski definition) is 3. The first kappa shape index (κ1) is 10.8. The van der Waals surface area contributed by atoms with Crippen molar-refractivity contribution in [3.05, 3.63) is 0 Å². The first-order valence-electron chi connectivity index (χ1n) is 4.40. The van der Waals surface area contributed by atoms with Crippen LogP contribution in [0.5, 0.6) is 0 Å². The number of ether oxygens (including phenoxy) is 1. The third-order valence-electron chi connectivity index (χ3n) is 2.20. The van der Waals surface area contributed by atoms with Gasteiger partial charge in [0.2, 0.25) is 0 Å². The van der Waals surface area contributed by atoms with Gasteiger partial charge in [-0.1, -0.05) is 0 Å². The SMILES string of the molecule is CCOC1CC(C(=O)O)N(C(=O)O)C1. The van der Waals surface area contributed by atoms with Gasteiger partial charge in [-0.2, -0.15) is 0 Å². The highest BCUT2D eigenvalue weighted by atomic mass is 16.5. The number of nitrogens with zero attached hydrogens (tertiary/aromatic N) is 1. The van der Waals surface area contributed by atoms with Gasteiger partial charge >= 0.3 is 12.1 Å². The van der Waals surface area contributed by atoms with Crippen LogP contribution in [-0.2, 0) is 9.53 Å². The summed E-state index contributed by atoms with van der Waals surface area (Å²) in [4.78, 5) is 22.3. The Balaban J connectivity index is 2.65. The van der Waals surface area contributed by atoms with Gasteiger partial charge in [0.25, 0.3) is 0 Å². The maximum Gasteiger partial charge on any atom is 0.408 e. The van der Waals surface area contributed by atoms with Gasteiger partial charge < -0.3 is 14.9 Å². The Hall–Kier alpha value is -1.30. The van der Waals surface area contributed by atoms with Crippen LogP contribution in [0.4, 0.5) is 4.79 Å². The summed E-state index contributed by atoms with van der Waals surface area (Å²) in [5.41, 5.74) is 0. The topological polar surface area (TPSA) is 87.1 Å². The molecule has 0 spiro atoms. The molecule has 1 rings (SSSR count). The molecule has 1 aliphatic rings. The lowest BCUT2D eigenvalue weighted by Gasteiger charge is -2.16. The molecule has 80 valence electrons. The maximum atomic E-state index is 10.7. The molecule has 6 nitrogen and oxygen atoms in total. The smallest absolute Gasteiger partial charge is 0.408 e. The van der Waals surface area contributed by atoms with Crippen LogP contribution in [0, 0.1) is 0 Å². The molecule has 14 heavy (non-hydrogen) atoms. The molecule has 0 aliphatic carbocycles. The minimum absolute atomic E-state index is 0.139. The van der Waals surface area contributed by atoms with Crippen LogP contribution < -0.4 is 0 Å². The highest BCUT2D eigenvalue weighted by molar-refractivity contribution is 5.80. The van der Waals surface area contributed by atoms with E-state index >= 15 is 0 Å². The van der Waals surface area contributed by atoms with Crippen molar-refractivity contribution in [2.45, 2.75) is 25.5 Å². The number of hydrogen-bond donors (Lipinski definition) is 2. The van der Waals surface area contributed by atoms with Crippen LogP contribution >= 0.6 is 0 Å². The minimum atomic E-state index is -1.21. The fourth-order valence-electron chi connectivity index (χ4n) is 1.60. The molecule has 1 fully saturated rings. The molecule has 2 unspecified atom stereocenters. The highest BCUT2D eigenvalue weighted by Gasteiger charge is 2.40. The number of likely N-dealkylation sites (tertiary alicyclic amines) is 1. The zero-order chi connectivity index (χ0) is 10.7. The van der Waals surface area contributed by atoms with E-state index in [1.54, 1.807) is 6.92 Å². The van der Waals surface area contributed by atoms with E-state index < -0.39 is 18.1 Å². The second-order valence-electron chi connectivity index (χ2n) is 3.10. The molecule has 0 aromatic carbocycles. The van der Waals surface area contributed by atoms with Crippen LogP contribution in [0.3, 0.4) is 0 Å². The van der Waals surface area contributed by atoms with E-state index in [1.165, 1.54) is 0 Å². The van der Waals surface area contributed by atoms with Crippen molar-refractivity contribution in [2.24, 2.45) is 0 Å². The van der Waals surface area contributed by atoms with Crippen LogP contribution in [0.1, 0.15) is 13.3 Å². The van der Waals surface area contributed by atoms with E-state index in [0.717, 1.165) is 4.90 Å². The summed E-state index contributed by atoms with van der Waals surface area (Å²) in [6.45, 7) is 2.39. The predicted molar refractivity (Wildman–Crippen MR) is 46.2 cm³/mol. The summed E-state index contributed by atoms with van der Waals surface area (Å²) in [5, 5.41) is 17.5. The second-order valence-corrected chi connectivity index (χ2v) is 3.10. The Labute approximate surface area is 81.1 Å². The molecular weight excluding hydrogens is 190 g/mol. The van der Waals surface area contributed by atoms with Crippen molar-refractivity contribution in [1.29, 1.82) is 0 Å². The average Bonchev–Trinajstić information content (AvgIpc) is 2.49. The normalized spacial score (nSPS) is 26.5. The van der Waals surface area contributed by atoms with Crippen molar-refractivity contribution in [2.75, 3.05) is 13.2 Å². The largest absolute Gasteiger partial charge is 0.480 e. The Kier molecular flexibility index (Phi) is 3.29. The van der Waals surface area contributed by atoms with Crippen LogP contribution in [-0.4, -0.2) is 52.5 Å². The van der Waals surface area contributed by atoms with Crippen LogP contribution in [0.25, 0.3) is 0 Å². The molecular formula is C8H13NO5. The molecule has 2 N–H and O–H groups in total. The van der Waals surface area contributed by atoms with Crippen molar-refractivity contribution >= 4 is 12.1 Å². The van der Waals surface area contributed by atoms with Gasteiger partial charge in [-0.15, -0.1) is 0 Å². The highest BCUT2D eigenvalue weighted by Crippen LogP contribution is 2.20. The van der Waals surface area contributed by atoms with E-state index in [4.69, 9.17) is 14.9 Å². The second kappa shape index (κ2) is 4.28. The third-order valence-corrected chi connectivity index (χ3v) is 2.20. The van der Waals surface area contributed by atoms with Gasteiger partial charge in [0.1, 0.15) is 6.04 Å². The van der Waals surface area contributed by atoms with Gasteiger partial charge in [-0.3, -0.25) is 4.90 Å². The van der Waals surface area contributed by atoms with Gasteiger partial charge in [0.05, 0.1) is 12.6 Å². The molecule has 0 radical (unpaired) electrons. The van der Waals surface area contributed by atoms with Crippen LogP contribution in [0.2, 0.25) is 0 Å². The lowest BCUT2D eigenvalue weighted by atomic mass is 10.2. The number of carboxylic acids is 1. The lowest BCUT2D eigenvalue weighted by molar-refractivity contribution is -0.141. The van der Waals surface area contributed by atoms with Crippen molar-refractivity contribution in [3.8, 4) is 0 Å². The summed E-state index contributed by atoms with van der Waals surface area (Å²) >= 11 is 0. The monoisotopic (exact) mass is 203 g/mol. The summed E-state index contributed by atoms with van der Waals surface area (Å²) in [5.74, 6) is -1.12. The summed E-state index contributed by atoms with van der Waals surface area (Å²) < 4.78 is 5.20. The molecule has 1 amide bonds. The molecule has 0 aromatic rings. The number of aliphatic carboxylic acids is 1. The van der Waals surface area contributed by atoms with Gasteiger partial charge in [-0.05, 0) is 6.92 Å². The van der Waals surface area contributed by atoms with E-state index in [1.807, 2.05) is 0 Å².